The molecular weight excluding hydrogens is 374 g/mol. The molecule has 2 rings (SSSR count). The molecule has 9 heteroatoms. The third kappa shape index (κ3) is 5.32. The van der Waals surface area contributed by atoms with E-state index in [4.69, 9.17) is 9.47 Å². The first-order valence-electron chi connectivity index (χ1n) is 8.23. The molecule has 0 radical (unpaired) electrons. The van der Waals surface area contributed by atoms with Crippen LogP contribution in [0.2, 0.25) is 0 Å². The molecule has 0 bridgehead atoms. The Labute approximate surface area is 153 Å². The number of hydrogen-bond acceptors (Lipinski definition) is 4. The summed E-state index contributed by atoms with van der Waals surface area (Å²) in [7, 11) is 0. The van der Waals surface area contributed by atoms with Gasteiger partial charge in [0.15, 0.2) is 5.79 Å². The van der Waals surface area contributed by atoms with Crippen molar-refractivity contribution in [1.29, 1.82) is 0 Å². The number of halogens is 4. The van der Waals surface area contributed by atoms with Crippen LogP contribution in [0.1, 0.15) is 39.2 Å². The minimum atomic E-state index is -4.59. The fourth-order valence-corrected chi connectivity index (χ4v) is 3.43. The van der Waals surface area contributed by atoms with Gasteiger partial charge in [0, 0.05) is 23.3 Å². The molecule has 0 amide bonds. The smallest absolute Gasteiger partial charge is 0.408 e. The predicted molar refractivity (Wildman–Crippen MR) is 90.1 cm³/mol. The molecule has 1 aliphatic rings. The Balaban J connectivity index is 2.17. The van der Waals surface area contributed by atoms with E-state index < -0.39 is 46.4 Å². The van der Waals surface area contributed by atoms with Gasteiger partial charge in [0.25, 0.3) is 0 Å². The van der Waals surface area contributed by atoms with Crippen LogP contribution < -0.4 is 4.72 Å². The maximum absolute atomic E-state index is 13.5. The fraction of sp³-hybridized carbons (Fsp3) is 0.647. The molecule has 1 aromatic carbocycles. The second kappa shape index (κ2) is 8.02. The highest BCUT2D eigenvalue weighted by atomic mass is 32.2. The molecule has 1 fully saturated rings. The first kappa shape index (κ1) is 21.4. The molecule has 1 N–H and O–H groups in total. The summed E-state index contributed by atoms with van der Waals surface area (Å²) in [5.74, 6) is -1.96. The number of ether oxygens (including phenoxy) is 2. The predicted octanol–water partition coefficient (Wildman–Crippen LogP) is 3.79. The van der Waals surface area contributed by atoms with Gasteiger partial charge in [-0.2, -0.15) is 13.2 Å². The Bertz CT molecular complexity index is 600. The lowest BCUT2D eigenvalue weighted by atomic mass is 9.98. The SMILES string of the molecule is CC(C)(C)[S@+]([O-])N[C@H](CCC1(c2cccc(F)c2)OCCO1)C(F)(F)F. The maximum atomic E-state index is 13.5. The summed E-state index contributed by atoms with van der Waals surface area (Å²) in [5, 5.41) is 0. The van der Waals surface area contributed by atoms with E-state index in [0.29, 0.717) is 5.56 Å². The Morgan fingerprint density at radius 3 is 2.35 bits per heavy atom. The van der Waals surface area contributed by atoms with Crippen molar-refractivity contribution in [3.8, 4) is 0 Å². The summed E-state index contributed by atoms with van der Waals surface area (Å²) in [6, 6.07) is 3.43. The standard InChI is InChI=1S/C17H23F4NO3S/c1-15(2,3)26(23)22-14(17(19,20)21)7-8-16(24-9-10-25-16)12-5-4-6-13(18)11-12/h4-6,11,14,22H,7-10H2,1-3H3/t14-,26+/m1/s1. The van der Waals surface area contributed by atoms with Crippen LogP contribution in [-0.2, 0) is 26.6 Å². The molecule has 26 heavy (non-hydrogen) atoms. The fourth-order valence-electron chi connectivity index (χ4n) is 2.57. The van der Waals surface area contributed by atoms with Crippen molar-refractivity contribution in [2.45, 2.75) is 56.4 Å². The quantitative estimate of drug-likeness (QED) is 0.586. The second-order valence-electron chi connectivity index (χ2n) is 7.09. The lowest BCUT2D eigenvalue weighted by Gasteiger charge is -2.32. The topological polar surface area (TPSA) is 53.5 Å². The summed E-state index contributed by atoms with van der Waals surface area (Å²) in [6.07, 6.45) is -5.18. The second-order valence-corrected chi connectivity index (χ2v) is 9.09. The minimum Gasteiger partial charge on any atom is -0.598 e. The maximum Gasteiger partial charge on any atom is 0.408 e. The van der Waals surface area contributed by atoms with Crippen LogP contribution in [-0.4, -0.2) is 34.7 Å². The van der Waals surface area contributed by atoms with Crippen LogP contribution in [0.3, 0.4) is 0 Å². The molecule has 0 aliphatic carbocycles. The molecule has 0 spiro atoms. The minimum absolute atomic E-state index is 0.158. The van der Waals surface area contributed by atoms with Gasteiger partial charge in [-0.05, 0) is 39.3 Å². The number of alkyl halides is 3. The van der Waals surface area contributed by atoms with Crippen LogP contribution in [0, 0.1) is 5.82 Å². The summed E-state index contributed by atoms with van der Waals surface area (Å²) >= 11 is -1.89. The largest absolute Gasteiger partial charge is 0.598 e. The molecule has 1 aromatic rings. The molecule has 0 aromatic heterocycles. The van der Waals surface area contributed by atoms with Crippen LogP contribution in [0.15, 0.2) is 24.3 Å². The van der Waals surface area contributed by atoms with Gasteiger partial charge >= 0.3 is 6.18 Å². The summed E-state index contributed by atoms with van der Waals surface area (Å²) < 4.78 is 78.3. The Kier molecular flexibility index (Phi) is 6.61. The van der Waals surface area contributed by atoms with Crippen molar-refractivity contribution < 1.29 is 31.6 Å². The molecule has 1 aliphatic heterocycles. The van der Waals surface area contributed by atoms with Crippen molar-refractivity contribution >= 4 is 11.4 Å². The van der Waals surface area contributed by atoms with E-state index in [0.717, 1.165) is 0 Å². The van der Waals surface area contributed by atoms with Gasteiger partial charge in [-0.1, -0.05) is 12.1 Å². The highest BCUT2D eigenvalue weighted by molar-refractivity contribution is 7.90. The van der Waals surface area contributed by atoms with Crippen LogP contribution in [0.5, 0.6) is 0 Å². The zero-order valence-electron chi connectivity index (χ0n) is 14.9. The lowest BCUT2D eigenvalue weighted by molar-refractivity contribution is -0.187. The molecule has 148 valence electrons. The van der Waals surface area contributed by atoms with Crippen LogP contribution >= 0.6 is 0 Å². The highest BCUT2D eigenvalue weighted by Crippen LogP contribution is 2.38. The molecule has 1 heterocycles. The Morgan fingerprint density at radius 2 is 1.85 bits per heavy atom. The monoisotopic (exact) mass is 397 g/mol. The van der Waals surface area contributed by atoms with Gasteiger partial charge < -0.3 is 14.0 Å². The number of benzene rings is 1. The van der Waals surface area contributed by atoms with E-state index in [-0.39, 0.29) is 19.6 Å². The van der Waals surface area contributed by atoms with Gasteiger partial charge in [0.2, 0.25) is 0 Å². The number of hydrogen-bond donors (Lipinski definition) is 1. The van der Waals surface area contributed by atoms with Crippen molar-refractivity contribution in [1.82, 2.24) is 4.72 Å². The van der Waals surface area contributed by atoms with E-state index in [1.165, 1.54) is 18.2 Å². The van der Waals surface area contributed by atoms with E-state index in [9.17, 15) is 22.1 Å². The van der Waals surface area contributed by atoms with E-state index in [2.05, 4.69) is 4.72 Å². The highest BCUT2D eigenvalue weighted by Gasteiger charge is 2.47. The van der Waals surface area contributed by atoms with Crippen LogP contribution in [0.25, 0.3) is 0 Å². The molecule has 4 nitrogen and oxygen atoms in total. The average Bonchev–Trinajstić information content (AvgIpc) is 2.99. The molecule has 2 atom stereocenters. The van der Waals surface area contributed by atoms with Gasteiger partial charge in [-0.15, -0.1) is 4.72 Å². The van der Waals surface area contributed by atoms with Crippen molar-refractivity contribution in [3.05, 3.63) is 35.6 Å². The zero-order valence-corrected chi connectivity index (χ0v) is 15.7. The zero-order chi connectivity index (χ0) is 19.6. The number of nitrogens with one attached hydrogen (secondary N) is 1. The summed E-state index contributed by atoms with van der Waals surface area (Å²) in [4.78, 5) is 0. The first-order chi connectivity index (χ1) is 11.9. The number of rotatable bonds is 6. The van der Waals surface area contributed by atoms with Gasteiger partial charge in [-0.25, -0.2) is 4.39 Å². The Morgan fingerprint density at radius 1 is 1.23 bits per heavy atom. The van der Waals surface area contributed by atoms with E-state index in [1.807, 2.05) is 0 Å². The third-order valence-electron chi connectivity index (χ3n) is 3.98. The third-order valence-corrected chi connectivity index (χ3v) is 5.59. The van der Waals surface area contributed by atoms with Gasteiger partial charge in [0.1, 0.15) is 16.6 Å². The van der Waals surface area contributed by atoms with Crippen molar-refractivity contribution in [2.75, 3.05) is 13.2 Å². The Hall–Kier alpha value is -0.870. The summed E-state index contributed by atoms with van der Waals surface area (Å²) in [5.41, 5.74) is 0.327. The van der Waals surface area contributed by atoms with E-state index in [1.54, 1.807) is 26.8 Å². The average molecular weight is 397 g/mol. The van der Waals surface area contributed by atoms with Gasteiger partial charge in [-0.3, -0.25) is 0 Å². The van der Waals surface area contributed by atoms with Crippen molar-refractivity contribution in [3.63, 3.8) is 0 Å². The lowest BCUT2D eigenvalue weighted by Crippen LogP contribution is -2.51. The molecular formula is C17H23F4NO3S. The molecule has 0 unspecified atom stereocenters. The van der Waals surface area contributed by atoms with Crippen molar-refractivity contribution in [2.24, 2.45) is 0 Å². The summed E-state index contributed by atoms with van der Waals surface area (Å²) in [6.45, 7) is 5.16. The first-order valence-corrected chi connectivity index (χ1v) is 9.38. The normalized spacial score (nSPS) is 20.2. The van der Waals surface area contributed by atoms with Gasteiger partial charge in [0.05, 0.1) is 13.2 Å². The van der Waals surface area contributed by atoms with Crippen LogP contribution in [0.4, 0.5) is 17.6 Å². The molecule has 0 saturated carbocycles. The molecule has 1 saturated heterocycles. The van der Waals surface area contributed by atoms with E-state index >= 15 is 0 Å².